The monoisotopic (exact) mass is 179 g/mol. The van der Waals surface area contributed by atoms with E-state index in [-0.39, 0.29) is 6.04 Å². The van der Waals surface area contributed by atoms with Crippen LogP contribution in [0.4, 0.5) is 5.69 Å². The van der Waals surface area contributed by atoms with Crippen LogP contribution in [0.15, 0.2) is 18.3 Å². The summed E-state index contributed by atoms with van der Waals surface area (Å²) in [7, 11) is 4.02. The summed E-state index contributed by atoms with van der Waals surface area (Å²) in [6.45, 7) is 2.06. The van der Waals surface area contributed by atoms with Crippen LogP contribution in [-0.2, 0) is 0 Å². The van der Waals surface area contributed by atoms with Crippen molar-refractivity contribution in [1.29, 1.82) is 0 Å². The molecule has 0 unspecified atom stereocenters. The summed E-state index contributed by atoms with van der Waals surface area (Å²) >= 11 is 0. The highest BCUT2D eigenvalue weighted by molar-refractivity contribution is 5.45. The maximum Gasteiger partial charge on any atom is 0.0591 e. The van der Waals surface area contributed by atoms with Gasteiger partial charge in [0.1, 0.15) is 0 Å². The van der Waals surface area contributed by atoms with E-state index in [1.54, 1.807) is 6.20 Å². The zero-order chi connectivity index (χ0) is 9.84. The van der Waals surface area contributed by atoms with Gasteiger partial charge in [0.15, 0.2) is 0 Å². The van der Waals surface area contributed by atoms with Gasteiger partial charge in [0.2, 0.25) is 0 Å². The summed E-state index contributed by atoms with van der Waals surface area (Å²) in [5.74, 6) is 0. The number of pyridine rings is 1. The number of nitrogens with two attached hydrogens (primary N) is 1. The molecule has 0 aliphatic heterocycles. The van der Waals surface area contributed by atoms with Crippen LogP contribution in [0.25, 0.3) is 0 Å². The van der Waals surface area contributed by atoms with Crippen LogP contribution < -0.4 is 10.6 Å². The summed E-state index contributed by atoms with van der Waals surface area (Å²) < 4.78 is 0. The molecule has 0 radical (unpaired) electrons. The van der Waals surface area contributed by atoms with Crippen LogP contribution in [0.3, 0.4) is 0 Å². The molecule has 0 aromatic carbocycles. The molecule has 1 rings (SSSR count). The highest BCUT2D eigenvalue weighted by atomic mass is 15.1. The molecule has 0 saturated carbocycles. The highest BCUT2D eigenvalue weighted by Gasteiger charge is 2.05. The molecule has 0 bridgehead atoms. The van der Waals surface area contributed by atoms with E-state index in [1.807, 2.05) is 31.1 Å². The maximum absolute atomic E-state index is 5.88. The van der Waals surface area contributed by atoms with Crippen LogP contribution in [0.5, 0.6) is 0 Å². The Balaban J connectivity index is 2.91. The number of rotatable bonds is 3. The molecule has 1 heterocycles. The summed E-state index contributed by atoms with van der Waals surface area (Å²) in [5.41, 5.74) is 8.00. The van der Waals surface area contributed by atoms with E-state index >= 15 is 0 Å². The molecule has 2 N–H and O–H groups in total. The van der Waals surface area contributed by atoms with Gasteiger partial charge in [-0.1, -0.05) is 6.92 Å². The Hall–Kier alpha value is -1.09. The lowest BCUT2D eigenvalue weighted by atomic mass is 10.1. The first-order valence-corrected chi connectivity index (χ1v) is 4.54. The van der Waals surface area contributed by atoms with E-state index in [0.29, 0.717) is 0 Å². The van der Waals surface area contributed by atoms with Gasteiger partial charge in [0, 0.05) is 32.0 Å². The quantitative estimate of drug-likeness (QED) is 0.765. The largest absolute Gasteiger partial charge is 0.378 e. The van der Waals surface area contributed by atoms with Crippen LogP contribution in [0.2, 0.25) is 0 Å². The molecule has 0 spiro atoms. The van der Waals surface area contributed by atoms with E-state index in [1.165, 1.54) is 0 Å². The van der Waals surface area contributed by atoms with Gasteiger partial charge in [0.05, 0.1) is 5.69 Å². The second-order valence-corrected chi connectivity index (χ2v) is 3.35. The molecule has 13 heavy (non-hydrogen) atoms. The molecule has 0 aliphatic carbocycles. The minimum atomic E-state index is 0.0555. The normalized spacial score (nSPS) is 12.6. The fourth-order valence-electron chi connectivity index (χ4n) is 1.13. The first-order chi connectivity index (χ1) is 6.15. The molecule has 3 heteroatoms. The van der Waals surface area contributed by atoms with Crippen molar-refractivity contribution in [2.75, 3.05) is 19.0 Å². The average molecular weight is 179 g/mol. The topological polar surface area (TPSA) is 42.1 Å². The average Bonchev–Trinajstić information content (AvgIpc) is 2.17. The molecule has 0 amide bonds. The molecule has 72 valence electrons. The van der Waals surface area contributed by atoms with Crippen molar-refractivity contribution in [3.63, 3.8) is 0 Å². The first kappa shape index (κ1) is 9.99. The van der Waals surface area contributed by atoms with Crippen molar-refractivity contribution in [3.8, 4) is 0 Å². The fourth-order valence-corrected chi connectivity index (χ4v) is 1.13. The van der Waals surface area contributed by atoms with Crippen LogP contribution in [-0.4, -0.2) is 19.1 Å². The Morgan fingerprint density at radius 2 is 2.23 bits per heavy atom. The van der Waals surface area contributed by atoms with Crippen molar-refractivity contribution in [3.05, 3.63) is 24.0 Å². The molecule has 0 saturated heterocycles. The summed E-state index contributed by atoms with van der Waals surface area (Å²) in [4.78, 5) is 6.29. The number of nitrogens with zero attached hydrogens (tertiary/aromatic N) is 2. The van der Waals surface area contributed by atoms with E-state index in [0.717, 1.165) is 17.8 Å². The van der Waals surface area contributed by atoms with Crippen molar-refractivity contribution in [2.24, 2.45) is 5.73 Å². The number of hydrogen-bond acceptors (Lipinski definition) is 3. The standard InChI is InChI=1S/C10H17N3/c1-4-9(11)10-7-8(13(2)3)5-6-12-10/h5-7,9H,4,11H2,1-3H3/t9-/m1/s1. The molecule has 3 nitrogen and oxygen atoms in total. The van der Waals surface area contributed by atoms with E-state index < -0.39 is 0 Å². The lowest BCUT2D eigenvalue weighted by Crippen LogP contribution is -2.13. The SMILES string of the molecule is CC[C@@H](N)c1cc(N(C)C)ccn1. The van der Waals surface area contributed by atoms with Gasteiger partial charge in [0.25, 0.3) is 0 Å². The van der Waals surface area contributed by atoms with Crippen molar-refractivity contribution in [2.45, 2.75) is 19.4 Å². The van der Waals surface area contributed by atoms with Crippen LogP contribution in [0.1, 0.15) is 25.1 Å². The smallest absolute Gasteiger partial charge is 0.0591 e. The molecular formula is C10H17N3. The van der Waals surface area contributed by atoms with E-state index in [2.05, 4.69) is 11.9 Å². The molecule has 0 fully saturated rings. The van der Waals surface area contributed by atoms with Crippen molar-refractivity contribution >= 4 is 5.69 Å². The fraction of sp³-hybridized carbons (Fsp3) is 0.500. The Labute approximate surface area is 79.6 Å². The number of aromatic nitrogens is 1. The van der Waals surface area contributed by atoms with Crippen molar-refractivity contribution in [1.82, 2.24) is 4.98 Å². The van der Waals surface area contributed by atoms with E-state index in [4.69, 9.17) is 5.73 Å². The highest BCUT2D eigenvalue weighted by Crippen LogP contribution is 2.16. The van der Waals surface area contributed by atoms with Gasteiger partial charge >= 0.3 is 0 Å². The van der Waals surface area contributed by atoms with Crippen LogP contribution in [0, 0.1) is 0 Å². The predicted octanol–water partition coefficient (Wildman–Crippen LogP) is 1.56. The van der Waals surface area contributed by atoms with Gasteiger partial charge in [-0.2, -0.15) is 0 Å². The predicted molar refractivity (Wildman–Crippen MR) is 55.8 cm³/mol. The van der Waals surface area contributed by atoms with Crippen LogP contribution >= 0.6 is 0 Å². The molecule has 1 aromatic rings. The molecule has 0 aliphatic rings. The van der Waals surface area contributed by atoms with Gasteiger partial charge in [-0.3, -0.25) is 4.98 Å². The Morgan fingerprint density at radius 1 is 1.54 bits per heavy atom. The Bertz CT molecular complexity index is 271. The van der Waals surface area contributed by atoms with Gasteiger partial charge in [-0.05, 0) is 18.6 Å². The third-order valence-electron chi connectivity index (χ3n) is 2.10. The second-order valence-electron chi connectivity index (χ2n) is 3.35. The number of hydrogen-bond donors (Lipinski definition) is 1. The van der Waals surface area contributed by atoms with Crippen molar-refractivity contribution < 1.29 is 0 Å². The van der Waals surface area contributed by atoms with Gasteiger partial charge in [-0.15, -0.1) is 0 Å². The number of anilines is 1. The van der Waals surface area contributed by atoms with Gasteiger partial charge < -0.3 is 10.6 Å². The first-order valence-electron chi connectivity index (χ1n) is 4.54. The Morgan fingerprint density at radius 3 is 2.77 bits per heavy atom. The second kappa shape index (κ2) is 4.23. The van der Waals surface area contributed by atoms with E-state index in [9.17, 15) is 0 Å². The van der Waals surface area contributed by atoms with Gasteiger partial charge in [-0.25, -0.2) is 0 Å². The summed E-state index contributed by atoms with van der Waals surface area (Å²) in [6.07, 6.45) is 2.73. The third-order valence-corrected chi connectivity index (χ3v) is 2.10. The Kier molecular flexibility index (Phi) is 3.25. The molecule has 1 aromatic heterocycles. The lowest BCUT2D eigenvalue weighted by molar-refractivity contribution is 0.675. The lowest BCUT2D eigenvalue weighted by Gasteiger charge is -2.15. The zero-order valence-electron chi connectivity index (χ0n) is 8.49. The summed E-state index contributed by atoms with van der Waals surface area (Å²) in [5, 5.41) is 0. The maximum atomic E-state index is 5.88. The summed E-state index contributed by atoms with van der Waals surface area (Å²) in [6, 6.07) is 4.07. The zero-order valence-corrected chi connectivity index (χ0v) is 8.49. The minimum absolute atomic E-state index is 0.0555. The molecule has 1 atom stereocenters. The minimum Gasteiger partial charge on any atom is -0.378 e. The molecular weight excluding hydrogens is 162 g/mol. The third kappa shape index (κ3) is 2.42.